The molecule has 0 atom stereocenters. The second-order valence-corrected chi connectivity index (χ2v) is 4.95. The first kappa shape index (κ1) is 18.5. The summed E-state index contributed by atoms with van der Waals surface area (Å²) in [6.45, 7) is 0. The van der Waals surface area contributed by atoms with E-state index in [1.807, 2.05) is 0 Å². The van der Waals surface area contributed by atoms with E-state index < -0.39 is 17.7 Å². The lowest BCUT2D eigenvalue weighted by atomic mass is 10.2. The molecule has 4 N–H and O–H groups in total. The van der Waals surface area contributed by atoms with Crippen LogP contribution < -0.4 is 11.1 Å². The second kappa shape index (κ2) is 8.88. The summed E-state index contributed by atoms with van der Waals surface area (Å²) >= 11 is 0. The van der Waals surface area contributed by atoms with Crippen molar-refractivity contribution in [3.05, 3.63) is 84.1 Å². The minimum absolute atomic E-state index is 0.0387. The zero-order valence-corrected chi connectivity index (χ0v) is 13.5. The van der Waals surface area contributed by atoms with Gasteiger partial charge in [0.05, 0.1) is 5.56 Å². The molecule has 0 aliphatic carbocycles. The molecule has 0 radical (unpaired) electrons. The smallest absolute Gasteiger partial charge is 0.339 e. The Kier molecular flexibility index (Phi) is 6.33. The number of aromatic carboxylic acids is 1. The Hall–Kier alpha value is -3.81. The summed E-state index contributed by atoms with van der Waals surface area (Å²) in [4.78, 5) is 28.9. The quantitative estimate of drug-likeness (QED) is 0.663. The molecule has 3 rings (SSSR count). The summed E-state index contributed by atoms with van der Waals surface area (Å²) in [5.74, 6) is -1.74. The molecule has 0 saturated carbocycles. The number of amides is 1. The third kappa shape index (κ3) is 5.38. The fourth-order valence-corrected chi connectivity index (χ4v) is 1.89. The molecule has 0 unspecified atom stereocenters. The molecule has 7 nitrogen and oxygen atoms in total. The summed E-state index contributed by atoms with van der Waals surface area (Å²) in [6, 6.07) is 12.0. The summed E-state index contributed by atoms with van der Waals surface area (Å²) in [5, 5.41) is 11.7. The molecule has 132 valence electrons. The fraction of sp³-hybridized carbons (Fsp3) is 0. The Morgan fingerprint density at radius 2 is 1.85 bits per heavy atom. The second-order valence-electron chi connectivity index (χ2n) is 4.95. The number of anilines is 2. The predicted molar refractivity (Wildman–Crippen MR) is 93.6 cm³/mol. The Morgan fingerprint density at radius 1 is 1.08 bits per heavy atom. The fourth-order valence-electron chi connectivity index (χ4n) is 1.89. The monoisotopic (exact) mass is 354 g/mol. The number of carboxylic acids is 1. The van der Waals surface area contributed by atoms with Gasteiger partial charge in [-0.1, -0.05) is 6.07 Å². The van der Waals surface area contributed by atoms with E-state index in [1.165, 1.54) is 42.7 Å². The van der Waals surface area contributed by atoms with Crippen LogP contribution in [-0.4, -0.2) is 27.0 Å². The van der Waals surface area contributed by atoms with Crippen LogP contribution in [0.1, 0.15) is 20.7 Å². The van der Waals surface area contributed by atoms with Gasteiger partial charge in [-0.05, 0) is 42.5 Å². The summed E-state index contributed by atoms with van der Waals surface area (Å²) in [5.41, 5.74) is 5.87. The first-order chi connectivity index (χ1) is 12.5. The summed E-state index contributed by atoms with van der Waals surface area (Å²) in [6.07, 6.45) is 4.49. The largest absolute Gasteiger partial charge is 0.478 e. The molecule has 0 spiro atoms. The number of primary amides is 1. The van der Waals surface area contributed by atoms with Gasteiger partial charge in [-0.15, -0.1) is 0 Å². The number of carbonyl (C=O) groups excluding carboxylic acids is 1. The van der Waals surface area contributed by atoms with Crippen LogP contribution in [0, 0.1) is 5.82 Å². The average Bonchev–Trinajstić information content (AvgIpc) is 2.63. The lowest BCUT2D eigenvalue weighted by Crippen LogP contribution is -2.10. The highest BCUT2D eigenvalue weighted by Gasteiger charge is 2.10. The molecular formula is C18H15FN4O3. The number of benzene rings is 1. The molecule has 0 fully saturated rings. The van der Waals surface area contributed by atoms with Crippen LogP contribution in [0.5, 0.6) is 0 Å². The van der Waals surface area contributed by atoms with Crippen LogP contribution in [0.3, 0.4) is 0 Å². The van der Waals surface area contributed by atoms with Crippen LogP contribution in [0.15, 0.2) is 67.1 Å². The standard InChI is InChI=1S/C12H9FN2O2.C6H6N2O/c13-8-3-1-4-9(7-8)15-11-10(12(16)17)5-2-6-14-11;7-6(9)5-2-1-3-8-4-5/h1-7H,(H,14,15)(H,16,17);1-4H,(H2,7,9). The van der Waals surface area contributed by atoms with E-state index >= 15 is 0 Å². The van der Waals surface area contributed by atoms with E-state index in [1.54, 1.807) is 24.4 Å². The van der Waals surface area contributed by atoms with Crippen molar-refractivity contribution in [3.8, 4) is 0 Å². The van der Waals surface area contributed by atoms with E-state index in [-0.39, 0.29) is 11.4 Å². The molecule has 2 heterocycles. The van der Waals surface area contributed by atoms with Crippen LogP contribution in [0.25, 0.3) is 0 Å². The van der Waals surface area contributed by atoms with E-state index in [0.29, 0.717) is 11.3 Å². The number of nitrogens with one attached hydrogen (secondary N) is 1. The third-order valence-corrected chi connectivity index (χ3v) is 3.07. The van der Waals surface area contributed by atoms with Gasteiger partial charge in [-0.25, -0.2) is 14.2 Å². The van der Waals surface area contributed by atoms with E-state index in [4.69, 9.17) is 10.8 Å². The van der Waals surface area contributed by atoms with Gasteiger partial charge in [0, 0.05) is 24.3 Å². The van der Waals surface area contributed by atoms with Crippen molar-refractivity contribution in [2.24, 2.45) is 5.73 Å². The highest BCUT2D eigenvalue weighted by Crippen LogP contribution is 2.18. The molecule has 8 heteroatoms. The average molecular weight is 354 g/mol. The van der Waals surface area contributed by atoms with Crippen molar-refractivity contribution in [2.75, 3.05) is 5.32 Å². The van der Waals surface area contributed by atoms with Gasteiger partial charge in [0.15, 0.2) is 0 Å². The number of aromatic nitrogens is 2. The van der Waals surface area contributed by atoms with Gasteiger partial charge in [0.1, 0.15) is 17.2 Å². The zero-order chi connectivity index (χ0) is 18.9. The molecule has 26 heavy (non-hydrogen) atoms. The van der Waals surface area contributed by atoms with E-state index in [9.17, 15) is 14.0 Å². The molecular weight excluding hydrogens is 339 g/mol. The maximum absolute atomic E-state index is 13.0. The van der Waals surface area contributed by atoms with Gasteiger partial charge in [0.2, 0.25) is 5.91 Å². The molecule has 1 amide bonds. The molecule has 0 bridgehead atoms. The van der Waals surface area contributed by atoms with Crippen molar-refractivity contribution < 1.29 is 19.1 Å². The molecule has 3 aromatic rings. The normalized spacial score (nSPS) is 9.58. The highest BCUT2D eigenvalue weighted by molar-refractivity contribution is 5.94. The van der Waals surface area contributed by atoms with Crippen LogP contribution in [0.4, 0.5) is 15.9 Å². The summed E-state index contributed by atoms with van der Waals surface area (Å²) in [7, 11) is 0. The maximum Gasteiger partial charge on any atom is 0.339 e. The molecule has 0 aliphatic heterocycles. The van der Waals surface area contributed by atoms with Crippen LogP contribution in [-0.2, 0) is 0 Å². The van der Waals surface area contributed by atoms with Crippen LogP contribution in [0.2, 0.25) is 0 Å². The van der Waals surface area contributed by atoms with Gasteiger partial charge in [-0.2, -0.15) is 0 Å². The Morgan fingerprint density at radius 3 is 2.42 bits per heavy atom. The molecule has 1 aromatic carbocycles. The number of nitrogens with two attached hydrogens (primary N) is 1. The first-order valence-corrected chi connectivity index (χ1v) is 7.38. The Balaban J connectivity index is 0.000000228. The minimum Gasteiger partial charge on any atom is -0.478 e. The van der Waals surface area contributed by atoms with Crippen molar-refractivity contribution in [3.63, 3.8) is 0 Å². The number of hydrogen-bond donors (Lipinski definition) is 3. The lowest BCUT2D eigenvalue weighted by molar-refractivity contribution is 0.0697. The van der Waals surface area contributed by atoms with E-state index in [2.05, 4.69) is 15.3 Å². The highest BCUT2D eigenvalue weighted by atomic mass is 19.1. The number of halogens is 1. The topological polar surface area (TPSA) is 118 Å². The first-order valence-electron chi connectivity index (χ1n) is 7.38. The van der Waals surface area contributed by atoms with Crippen molar-refractivity contribution in [2.45, 2.75) is 0 Å². The third-order valence-electron chi connectivity index (χ3n) is 3.07. The van der Waals surface area contributed by atoms with Gasteiger partial charge < -0.3 is 16.2 Å². The van der Waals surface area contributed by atoms with Crippen molar-refractivity contribution in [1.29, 1.82) is 0 Å². The number of carbonyl (C=O) groups is 2. The number of hydrogen-bond acceptors (Lipinski definition) is 5. The van der Waals surface area contributed by atoms with Crippen LogP contribution >= 0.6 is 0 Å². The number of carboxylic acid groups (broad SMARTS) is 1. The number of nitrogens with zero attached hydrogens (tertiary/aromatic N) is 2. The summed E-state index contributed by atoms with van der Waals surface area (Å²) < 4.78 is 13.0. The zero-order valence-electron chi connectivity index (χ0n) is 13.5. The Labute approximate surface area is 148 Å². The molecule has 2 aromatic heterocycles. The molecule has 0 aliphatic rings. The van der Waals surface area contributed by atoms with E-state index in [0.717, 1.165) is 0 Å². The predicted octanol–water partition coefficient (Wildman–Crippen LogP) is 2.84. The van der Waals surface area contributed by atoms with Gasteiger partial charge in [0.25, 0.3) is 0 Å². The molecule has 0 saturated heterocycles. The van der Waals surface area contributed by atoms with Crippen molar-refractivity contribution in [1.82, 2.24) is 9.97 Å². The lowest BCUT2D eigenvalue weighted by Gasteiger charge is -2.07. The van der Waals surface area contributed by atoms with Crippen molar-refractivity contribution >= 4 is 23.4 Å². The Bertz CT molecular complexity index is 904. The number of rotatable bonds is 4. The maximum atomic E-state index is 13.0. The number of pyridine rings is 2. The van der Waals surface area contributed by atoms with Gasteiger partial charge >= 0.3 is 5.97 Å². The van der Waals surface area contributed by atoms with Gasteiger partial charge in [-0.3, -0.25) is 9.78 Å². The SMILES string of the molecule is NC(=O)c1cccnc1.O=C(O)c1cccnc1Nc1cccc(F)c1. The minimum atomic E-state index is -1.09.